The summed E-state index contributed by atoms with van der Waals surface area (Å²) in [5.74, 6) is 0. The van der Waals surface area contributed by atoms with Crippen LogP contribution in [0.2, 0.25) is 0 Å². The molecule has 1 aromatic heterocycles. The minimum absolute atomic E-state index is 0.267. The van der Waals surface area contributed by atoms with E-state index in [1.54, 1.807) is 0 Å². The maximum absolute atomic E-state index is 12.8. The molecule has 0 amide bonds. The van der Waals surface area contributed by atoms with Gasteiger partial charge in [0.25, 0.3) is 6.43 Å². The third kappa shape index (κ3) is 3.81. The summed E-state index contributed by atoms with van der Waals surface area (Å²) in [5, 5.41) is 5.45. The molecule has 0 radical (unpaired) electrons. The second-order valence-electron chi connectivity index (χ2n) is 4.20. The molecule has 0 saturated heterocycles. The van der Waals surface area contributed by atoms with Gasteiger partial charge in [-0.3, -0.25) is 0 Å². The van der Waals surface area contributed by atoms with Crippen LogP contribution >= 0.6 is 11.3 Å². The molecule has 5 heteroatoms. The van der Waals surface area contributed by atoms with Crippen molar-refractivity contribution in [2.24, 2.45) is 0 Å². The van der Waals surface area contributed by atoms with Gasteiger partial charge in [-0.1, -0.05) is 37.3 Å². The summed E-state index contributed by atoms with van der Waals surface area (Å²) in [6.07, 6.45) is -2.10. The molecule has 0 saturated carbocycles. The van der Waals surface area contributed by atoms with E-state index < -0.39 is 12.5 Å². The van der Waals surface area contributed by atoms with Crippen LogP contribution in [-0.2, 0) is 6.42 Å². The third-order valence-corrected chi connectivity index (χ3v) is 3.66. The van der Waals surface area contributed by atoms with Crippen LogP contribution < -0.4 is 5.32 Å². The summed E-state index contributed by atoms with van der Waals surface area (Å²) < 4.78 is 25.6. The molecule has 1 aromatic carbocycles. The van der Waals surface area contributed by atoms with Crippen molar-refractivity contribution in [3.8, 4) is 11.3 Å². The van der Waals surface area contributed by atoms with E-state index in [-0.39, 0.29) is 6.42 Å². The van der Waals surface area contributed by atoms with Crippen LogP contribution in [0, 0.1) is 0 Å². The number of alkyl halides is 2. The Morgan fingerprint density at radius 2 is 2.00 bits per heavy atom. The van der Waals surface area contributed by atoms with Gasteiger partial charge in [0.2, 0.25) is 0 Å². The van der Waals surface area contributed by atoms with Gasteiger partial charge in [-0.25, -0.2) is 13.8 Å². The first kappa shape index (κ1) is 14.1. The molecule has 0 aliphatic carbocycles. The molecular weight excluding hydrogens is 266 g/mol. The van der Waals surface area contributed by atoms with E-state index in [1.807, 2.05) is 42.6 Å². The minimum Gasteiger partial charge on any atom is -0.309 e. The Bertz CT molecular complexity index is 499. The van der Waals surface area contributed by atoms with Crippen molar-refractivity contribution in [2.45, 2.75) is 25.8 Å². The minimum atomic E-state index is -2.37. The van der Waals surface area contributed by atoms with Gasteiger partial charge in [-0.05, 0) is 6.54 Å². The molecule has 2 rings (SSSR count). The van der Waals surface area contributed by atoms with Crippen LogP contribution in [0.5, 0.6) is 0 Å². The average molecular weight is 282 g/mol. The fraction of sp³-hybridized carbons (Fsp3) is 0.357. The highest BCUT2D eigenvalue weighted by Crippen LogP contribution is 2.23. The van der Waals surface area contributed by atoms with Crippen LogP contribution in [-0.4, -0.2) is 24.0 Å². The number of hydrogen-bond acceptors (Lipinski definition) is 3. The van der Waals surface area contributed by atoms with E-state index >= 15 is 0 Å². The third-order valence-electron chi connectivity index (χ3n) is 2.79. The van der Waals surface area contributed by atoms with Gasteiger partial charge in [0.1, 0.15) is 0 Å². The highest BCUT2D eigenvalue weighted by Gasteiger charge is 2.21. The van der Waals surface area contributed by atoms with E-state index in [1.165, 1.54) is 11.3 Å². The Kier molecular flexibility index (Phi) is 4.99. The van der Waals surface area contributed by atoms with Crippen LogP contribution in [0.25, 0.3) is 11.3 Å². The van der Waals surface area contributed by atoms with E-state index in [9.17, 15) is 8.78 Å². The van der Waals surface area contributed by atoms with Gasteiger partial charge in [0, 0.05) is 17.4 Å². The lowest BCUT2D eigenvalue weighted by Crippen LogP contribution is -2.37. The number of hydrogen-bond donors (Lipinski definition) is 1. The van der Waals surface area contributed by atoms with Crippen molar-refractivity contribution in [1.29, 1.82) is 0 Å². The Labute approximate surface area is 115 Å². The van der Waals surface area contributed by atoms with Gasteiger partial charge < -0.3 is 5.32 Å². The maximum atomic E-state index is 12.8. The molecule has 2 aromatic rings. The fourth-order valence-corrected chi connectivity index (χ4v) is 2.71. The summed E-state index contributed by atoms with van der Waals surface area (Å²) >= 11 is 1.43. The number of nitrogens with one attached hydrogen (secondary N) is 1. The summed E-state index contributed by atoms with van der Waals surface area (Å²) in [6.45, 7) is 2.36. The molecule has 0 aliphatic heterocycles. The Morgan fingerprint density at radius 3 is 2.63 bits per heavy atom. The first-order valence-corrected chi connectivity index (χ1v) is 7.10. The van der Waals surface area contributed by atoms with Crippen molar-refractivity contribution in [2.75, 3.05) is 6.54 Å². The number of halogens is 2. The Hall–Kier alpha value is -1.33. The van der Waals surface area contributed by atoms with Gasteiger partial charge in [-0.2, -0.15) is 0 Å². The standard InChI is InChI=1S/C14H16F2N2S/c1-2-17-11(14(15)16)8-13-18-12(9-19-13)10-6-4-3-5-7-10/h3-7,9,11,14,17H,2,8H2,1H3. The molecule has 1 atom stereocenters. The molecule has 0 spiro atoms. The van der Waals surface area contributed by atoms with Crippen LogP contribution in [0.3, 0.4) is 0 Å². The predicted octanol–water partition coefficient (Wildman–Crippen LogP) is 3.60. The highest BCUT2D eigenvalue weighted by atomic mass is 32.1. The van der Waals surface area contributed by atoms with Crippen molar-refractivity contribution >= 4 is 11.3 Å². The molecule has 1 heterocycles. The predicted molar refractivity (Wildman–Crippen MR) is 74.7 cm³/mol. The van der Waals surface area contributed by atoms with Gasteiger partial charge in [0.15, 0.2) is 0 Å². The lowest BCUT2D eigenvalue weighted by molar-refractivity contribution is 0.0990. The number of rotatable bonds is 6. The van der Waals surface area contributed by atoms with E-state index in [0.717, 1.165) is 16.3 Å². The second kappa shape index (κ2) is 6.73. The largest absolute Gasteiger partial charge is 0.309 e. The summed E-state index contributed by atoms with van der Waals surface area (Å²) in [5.41, 5.74) is 1.87. The van der Waals surface area contributed by atoms with Crippen LogP contribution in [0.1, 0.15) is 11.9 Å². The van der Waals surface area contributed by atoms with Gasteiger partial charge in [0.05, 0.1) is 16.7 Å². The van der Waals surface area contributed by atoms with E-state index in [2.05, 4.69) is 10.3 Å². The summed E-state index contributed by atoms with van der Waals surface area (Å²) in [6, 6.07) is 8.93. The first-order chi connectivity index (χ1) is 9.20. The maximum Gasteiger partial charge on any atom is 0.254 e. The molecule has 19 heavy (non-hydrogen) atoms. The topological polar surface area (TPSA) is 24.9 Å². The zero-order valence-corrected chi connectivity index (χ0v) is 11.5. The number of thiazole rings is 1. The molecular formula is C14H16F2N2S. The quantitative estimate of drug-likeness (QED) is 0.875. The highest BCUT2D eigenvalue weighted by molar-refractivity contribution is 7.09. The number of likely N-dealkylation sites (N-methyl/N-ethyl adjacent to an activating group) is 1. The van der Waals surface area contributed by atoms with Crippen LogP contribution in [0.4, 0.5) is 8.78 Å². The average Bonchev–Trinajstić information content (AvgIpc) is 2.88. The summed E-state index contributed by atoms with van der Waals surface area (Å²) in [7, 11) is 0. The van der Waals surface area contributed by atoms with Crippen molar-refractivity contribution in [3.05, 3.63) is 40.7 Å². The second-order valence-corrected chi connectivity index (χ2v) is 5.14. The number of aromatic nitrogens is 1. The number of nitrogens with zero attached hydrogens (tertiary/aromatic N) is 1. The zero-order chi connectivity index (χ0) is 13.7. The number of benzene rings is 1. The smallest absolute Gasteiger partial charge is 0.254 e. The zero-order valence-electron chi connectivity index (χ0n) is 10.6. The van der Waals surface area contributed by atoms with E-state index in [4.69, 9.17) is 0 Å². The fourth-order valence-electron chi connectivity index (χ4n) is 1.85. The SMILES string of the molecule is CCNC(Cc1nc(-c2ccccc2)cs1)C(F)F. The Morgan fingerprint density at radius 1 is 1.26 bits per heavy atom. The molecule has 0 fully saturated rings. The lowest BCUT2D eigenvalue weighted by atomic mass is 10.2. The lowest BCUT2D eigenvalue weighted by Gasteiger charge is -2.14. The molecule has 0 aliphatic rings. The van der Waals surface area contributed by atoms with Crippen molar-refractivity contribution in [3.63, 3.8) is 0 Å². The molecule has 1 N–H and O–H groups in total. The Balaban J connectivity index is 2.09. The molecule has 0 bridgehead atoms. The molecule has 1 unspecified atom stereocenters. The van der Waals surface area contributed by atoms with Crippen molar-refractivity contribution < 1.29 is 8.78 Å². The van der Waals surface area contributed by atoms with E-state index in [0.29, 0.717) is 6.54 Å². The summed E-state index contributed by atoms with van der Waals surface area (Å²) in [4.78, 5) is 4.43. The first-order valence-electron chi connectivity index (χ1n) is 6.22. The molecule has 2 nitrogen and oxygen atoms in total. The molecule has 102 valence electrons. The van der Waals surface area contributed by atoms with Gasteiger partial charge >= 0.3 is 0 Å². The van der Waals surface area contributed by atoms with Crippen LogP contribution in [0.15, 0.2) is 35.7 Å². The monoisotopic (exact) mass is 282 g/mol. The van der Waals surface area contributed by atoms with Gasteiger partial charge in [-0.15, -0.1) is 11.3 Å². The van der Waals surface area contributed by atoms with Crippen molar-refractivity contribution in [1.82, 2.24) is 10.3 Å². The normalized spacial score (nSPS) is 12.8.